The molecule has 0 aliphatic carbocycles. The molecule has 4 aromatic rings. The molecule has 0 bridgehead atoms. The lowest BCUT2D eigenvalue weighted by atomic mass is 10.1. The number of aryl methyl sites for hydroxylation is 1. The van der Waals surface area contributed by atoms with Crippen LogP contribution in [0.5, 0.6) is 0 Å². The first-order valence-corrected chi connectivity index (χ1v) is 9.53. The molecule has 0 radical (unpaired) electrons. The molecule has 2 amide bonds. The highest BCUT2D eigenvalue weighted by molar-refractivity contribution is 5.99. The van der Waals surface area contributed by atoms with Crippen molar-refractivity contribution in [2.75, 3.05) is 10.6 Å². The maximum Gasteiger partial charge on any atom is 0.416 e. The molecule has 0 saturated carbocycles. The Kier molecular flexibility index (Phi) is 5.70. The number of halogens is 4. The van der Waals surface area contributed by atoms with Gasteiger partial charge in [-0.2, -0.15) is 18.3 Å². The predicted molar refractivity (Wildman–Crippen MR) is 115 cm³/mol. The Morgan fingerprint density at radius 3 is 2.45 bits per heavy atom. The zero-order valence-corrected chi connectivity index (χ0v) is 17.0. The third-order valence-corrected chi connectivity index (χ3v) is 4.68. The molecular weight excluding hydrogens is 438 g/mol. The Bertz CT molecular complexity index is 1420. The second kappa shape index (κ2) is 8.63. The normalized spacial score (nSPS) is 11.1. The summed E-state index contributed by atoms with van der Waals surface area (Å²) in [6.45, 7) is 0. The van der Waals surface area contributed by atoms with Crippen molar-refractivity contribution < 1.29 is 22.4 Å². The van der Waals surface area contributed by atoms with E-state index in [0.29, 0.717) is 5.56 Å². The molecule has 0 aliphatic heterocycles. The largest absolute Gasteiger partial charge is 0.416 e. The standard InChI is InChI=1S/C23H15F4N5O/c1-32-21-13-28-11-15(19(21)12-29-32)6-5-14-9-18(7-8-20(14)24)31-22(33)30-17-4-2-3-16(10-17)23(25,26)27/h2-4,7-13H,1H3,(H2,30,31,33). The van der Waals surface area contributed by atoms with Crippen molar-refractivity contribution in [2.45, 2.75) is 6.18 Å². The molecule has 0 saturated heterocycles. The molecule has 166 valence electrons. The summed E-state index contributed by atoms with van der Waals surface area (Å²) in [4.78, 5) is 16.3. The van der Waals surface area contributed by atoms with Gasteiger partial charge >= 0.3 is 12.2 Å². The summed E-state index contributed by atoms with van der Waals surface area (Å²) in [6, 6.07) is 7.20. The predicted octanol–water partition coefficient (Wildman–Crippen LogP) is 5.17. The summed E-state index contributed by atoms with van der Waals surface area (Å²) < 4.78 is 54.4. The number of urea groups is 1. The van der Waals surface area contributed by atoms with Crippen LogP contribution in [0.4, 0.5) is 33.7 Å². The fourth-order valence-electron chi connectivity index (χ4n) is 3.06. The van der Waals surface area contributed by atoms with E-state index in [-0.39, 0.29) is 16.9 Å². The van der Waals surface area contributed by atoms with Gasteiger partial charge in [0.05, 0.1) is 34.6 Å². The van der Waals surface area contributed by atoms with Gasteiger partial charge in [-0.05, 0) is 36.4 Å². The van der Waals surface area contributed by atoms with Gasteiger partial charge in [-0.3, -0.25) is 9.67 Å². The van der Waals surface area contributed by atoms with E-state index in [1.54, 1.807) is 30.3 Å². The lowest BCUT2D eigenvalue weighted by molar-refractivity contribution is -0.137. The van der Waals surface area contributed by atoms with E-state index >= 15 is 0 Å². The molecule has 2 aromatic carbocycles. The third-order valence-electron chi connectivity index (χ3n) is 4.68. The third kappa shape index (κ3) is 4.93. The molecule has 33 heavy (non-hydrogen) atoms. The summed E-state index contributed by atoms with van der Waals surface area (Å²) >= 11 is 0. The van der Waals surface area contributed by atoms with Crippen molar-refractivity contribution >= 4 is 28.3 Å². The maximum atomic E-state index is 14.3. The van der Waals surface area contributed by atoms with Crippen LogP contribution in [-0.4, -0.2) is 20.8 Å². The molecule has 0 fully saturated rings. The first kappa shape index (κ1) is 21.8. The van der Waals surface area contributed by atoms with Gasteiger partial charge in [0.15, 0.2) is 0 Å². The number of aromatic nitrogens is 3. The zero-order chi connectivity index (χ0) is 23.6. The number of hydrogen-bond acceptors (Lipinski definition) is 3. The Hall–Kier alpha value is -4.39. The van der Waals surface area contributed by atoms with Crippen molar-refractivity contribution in [1.82, 2.24) is 14.8 Å². The number of carbonyl (C=O) groups is 1. The van der Waals surface area contributed by atoms with Gasteiger partial charge in [0.1, 0.15) is 5.82 Å². The number of carbonyl (C=O) groups excluding carboxylic acids is 1. The minimum absolute atomic E-state index is 0.0211. The number of nitrogens with one attached hydrogen (secondary N) is 2. The highest BCUT2D eigenvalue weighted by atomic mass is 19.4. The van der Waals surface area contributed by atoms with Crippen molar-refractivity contribution in [3.05, 3.63) is 83.6 Å². The summed E-state index contributed by atoms with van der Waals surface area (Å²) in [5.41, 5.74) is 0.625. The van der Waals surface area contributed by atoms with Crippen LogP contribution in [0.2, 0.25) is 0 Å². The van der Waals surface area contributed by atoms with Gasteiger partial charge in [-0.25, -0.2) is 9.18 Å². The Labute approximate surface area is 185 Å². The van der Waals surface area contributed by atoms with E-state index in [0.717, 1.165) is 29.1 Å². The van der Waals surface area contributed by atoms with Crippen LogP contribution < -0.4 is 10.6 Å². The highest BCUT2D eigenvalue weighted by Crippen LogP contribution is 2.30. The van der Waals surface area contributed by atoms with Gasteiger partial charge in [0, 0.05) is 30.0 Å². The molecular formula is C23H15F4N5O. The van der Waals surface area contributed by atoms with Crippen molar-refractivity contribution in [2.24, 2.45) is 7.05 Å². The molecule has 0 spiro atoms. The average molecular weight is 453 g/mol. The van der Waals surface area contributed by atoms with Crippen molar-refractivity contribution in [3.8, 4) is 11.8 Å². The Morgan fingerprint density at radius 2 is 1.70 bits per heavy atom. The molecule has 6 nitrogen and oxygen atoms in total. The van der Waals surface area contributed by atoms with Gasteiger partial charge in [-0.1, -0.05) is 17.9 Å². The molecule has 0 aliphatic rings. The van der Waals surface area contributed by atoms with Crippen molar-refractivity contribution in [1.29, 1.82) is 0 Å². The van der Waals surface area contributed by atoms with E-state index in [4.69, 9.17) is 0 Å². The number of anilines is 2. The lowest BCUT2D eigenvalue weighted by Gasteiger charge is -2.11. The van der Waals surface area contributed by atoms with Crippen LogP contribution in [0.25, 0.3) is 10.9 Å². The molecule has 2 aromatic heterocycles. The van der Waals surface area contributed by atoms with Gasteiger partial charge in [0.25, 0.3) is 0 Å². The SMILES string of the molecule is Cn1ncc2c(C#Cc3cc(NC(=O)Nc4cccc(C(F)(F)F)c4)ccc3F)cncc21. The van der Waals surface area contributed by atoms with Crippen LogP contribution in [0.3, 0.4) is 0 Å². The van der Waals surface area contributed by atoms with E-state index in [1.165, 1.54) is 24.3 Å². The van der Waals surface area contributed by atoms with Crippen LogP contribution in [0.1, 0.15) is 16.7 Å². The average Bonchev–Trinajstić information content (AvgIpc) is 3.15. The lowest BCUT2D eigenvalue weighted by Crippen LogP contribution is -2.20. The first-order valence-electron chi connectivity index (χ1n) is 9.53. The molecule has 0 unspecified atom stereocenters. The number of nitrogens with zero attached hydrogens (tertiary/aromatic N) is 3. The minimum atomic E-state index is -4.53. The molecule has 10 heteroatoms. The number of pyridine rings is 1. The van der Waals surface area contributed by atoms with Crippen LogP contribution >= 0.6 is 0 Å². The summed E-state index contributed by atoms with van der Waals surface area (Å²) in [5, 5.41) is 9.68. The topological polar surface area (TPSA) is 71.8 Å². The van der Waals surface area contributed by atoms with E-state index < -0.39 is 23.6 Å². The molecule has 0 atom stereocenters. The minimum Gasteiger partial charge on any atom is -0.308 e. The van der Waals surface area contributed by atoms with E-state index in [1.807, 2.05) is 0 Å². The number of rotatable bonds is 2. The zero-order valence-electron chi connectivity index (χ0n) is 17.0. The maximum absolute atomic E-state index is 14.3. The summed E-state index contributed by atoms with van der Waals surface area (Å²) in [5.74, 6) is 4.98. The number of amides is 2. The number of hydrogen-bond donors (Lipinski definition) is 2. The molecule has 2 N–H and O–H groups in total. The van der Waals surface area contributed by atoms with E-state index in [9.17, 15) is 22.4 Å². The Balaban J connectivity index is 1.52. The first-order chi connectivity index (χ1) is 15.7. The Morgan fingerprint density at radius 1 is 0.970 bits per heavy atom. The second-order valence-corrected chi connectivity index (χ2v) is 6.99. The fraction of sp³-hybridized carbons (Fsp3) is 0.0870. The van der Waals surface area contributed by atoms with Crippen molar-refractivity contribution in [3.63, 3.8) is 0 Å². The number of fused-ring (bicyclic) bond motifs is 1. The van der Waals surface area contributed by atoms with Crippen LogP contribution in [0, 0.1) is 17.7 Å². The summed E-state index contributed by atoms with van der Waals surface area (Å²) in [6.07, 6.45) is 0.281. The monoisotopic (exact) mass is 453 g/mol. The smallest absolute Gasteiger partial charge is 0.308 e. The molecule has 2 heterocycles. The second-order valence-electron chi connectivity index (χ2n) is 6.99. The highest BCUT2D eigenvalue weighted by Gasteiger charge is 2.30. The van der Waals surface area contributed by atoms with Gasteiger partial charge in [0.2, 0.25) is 0 Å². The van der Waals surface area contributed by atoms with Crippen LogP contribution in [0.15, 0.2) is 61.1 Å². The van der Waals surface area contributed by atoms with Crippen LogP contribution in [-0.2, 0) is 13.2 Å². The van der Waals surface area contributed by atoms with Gasteiger partial charge in [-0.15, -0.1) is 0 Å². The molecule has 4 rings (SSSR count). The van der Waals surface area contributed by atoms with Gasteiger partial charge < -0.3 is 10.6 Å². The number of alkyl halides is 3. The fourth-order valence-corrected chi connectivity index (χ4v) is 3.06. The number of benzene rings is 2. The van der Waals surface area contributed by atoms with E-state index in [2.05, 4.69) is 32.6 Å². The summed E-state index contributed by atoms with van der Waals surface area (Å²) in [7, 11) is 1.76. The quantitative estimate of drug-likeness (QED) is 0.325.